The topological polar surface area (TPSA) is 122 Å². The molecule has 196 valence electrons. The molecule has 3 aromatic rings. The summed E-state index contributed by atoms with van der Waals surface area (Å²) in [5, 5.41) is 5.68. The van der Waals surface area contributed by atoms with E-state index in [1.54, 1.807) is 19.1 Å². The quantitative estimate of drug-likeness (QED) is 0.375. The van der Waals surface area contributed by atoms with Crippen LogP contribution in [-0.4, -0.2) is 46.1 Å². The van der Waals surface area contributed by atoms with Crippen LogP contribution < -0.4 is 20.7 Å². The molecule has 8 nitrogen and oxygen atoms in total. The molecule has 0 fully saturated rings. The van der Waals surface area contributed by atoms with Gasteiger partial charge >= 0.3 is 0 Å². The Morgan fingerprint density at radius 2 is 1.51 bits per heavy atom. The van der Waals surface area contributed by atoms with E-state index in [0.717, 1.165) is 16.1 Å². The van der Waals surface area contributed by atoms with Crippen LogP contribution in [0, 0.1) is 5.82 Å². The van der Waals surface area contributed by atoms with Crippen molar-refractivity contribution in [1.29, 1.82) is 0 Å². The Morgan fingerprint density at radius 1 is 0.946 bits per heavy atom. The molecule has 0 aliphatic heterocycles. The molecule has 0 aromatic heterocycles. The third-order valence-electron chi connectivity index (χ3n) is 5.97. The number of anilines is 1. The van der Waals surface area contributed by atoms with E-state index in [1.807, 2.05) is 30.3 Å². The minimum absolute atomic E-state index is 0.0967. The Balaban J connectivity index is 1.88. The highest BCUT2D eigenvalue weighted by atomic mass is 32.2. The summed E-state index contributed by atoms with van der Waals surface area (Å²) in [5.74, 6) is -1.40. The van der Waals surface area contributed by atoms with Gasteiger partial charge in [0.05, 0.1) is 18.0 Å². The Bertz CT molecular complexity index is 1350. The number of benzene rings is 3. The van der Waals surface area contributed by atoms with Crippen LogP contribution in [0.5, 0.6) is 0 Å². The second kappa shape index (κ2) is 12.0. The summed E-state index contributed by atoms with van der Waals surface area (Å²) in [5.41, 5.74) is 7.93. The SMILES string of the molecule is C[C@@H](NC(=O)c1cc(C(=O)N[C@H](CN)Cc2ccccc2)cc(N(C)S(C)(=O)=O)c1)c1ccc(F)cc1. The lowest BCUT2D eigenvalue weighted by molar-refractivity contribution is 0.0937. The first kappa shape index (κ1) is 27.8. The number of hydrogen-bond acceptors (Lipinski definition) is 5. The molecule has 3 aromatic carbocycles. The van der Waals surface area contributed by atoms with E-state index in [9.17, 15) is 22.4 Å². The summed E-state index contributed by atoms with van der Waals surface area (Å²) in [7, 11) is -2.32. The predicted molar refractivity (Wildman–Crippen MR) is 142 cm³/mol. The first-order valence-electron chi connectivity index (χ1n) is 11.7. The van der Waals surface area contributed by atoms with Crippen molar-refractivity contribution in [3.05, 3.63) is 101 Å². The van der Waals surface area contributed by atoms with Crippen LogP contribution in [0.15, 0.2) is 72.8 Å². The van der Waals surface area contributed by atoms with Crippen molar-refractivity contribution in [2.75, 3.05) is 24.2 Å². The summed E-state index contributed by atoms with van der Waals surface area (Å²) in [6.45, 7) is 1.92. The first-order valence-corrected chi connectivity index (χ1v) is 13.5. The van der Waals surface area contributed by atoms with Crippen LogP contribution in [0.25, 0.3) is 0 Å². The zero-order valence-electron chi connectivity index (χ0n) is 20.9. The minimum Gasteiger partial charge on any atom is -0.348 e. The molecule has 0 saturated carbocycles. The molecule has 0 radical (unpaired) electrons. The summed E-state index contributed by atoms with van der Waals surface area (Å²) >= 11 is 0. The lowest BCUT2D eigenvalue weighted by atomic mass is 10.0. The fraction of sp³-hybridized carbons (Fsp3) is 0.259. The summed E-state index contributed by atoms with van der Waals surface area (Å²) in [6, 6.07) is 18.6. The average molecular weight is 527 g/mol. The highest BCUT2D eigenvalue weighted by molar-refractivity contribution is 7.92. The van der Waals surface area contributed by atoms with E-state index in [2.05, 4.69) is 10.6 Å². The Morgan fingerprint density at radius 3 is 2.05 bits per heavy atom. The van der Waals surface area contributed by atoms with Crippen molar-refractivity contribution in [1.82, 2.24) is 10.6 Å². The van der Waals surface area contributed by atoms with Gasteiger partial charge in [0.25, 0.3) is 11.8 Å². The molecule has 0 saturated heterocycles. The standard InChI is InChI=1S/C27H31FN4O4S/c1-18(20-9-11-23(28)12-10-20)30-26(33)21-14-22(16-25(15-21)32(2)37(3,35)36)27(34)31-24(17-29)13-19-7-5-4-6-8-19/h4-12,14-16,18,24H,13,17,29H2,1-3H3,(H,30,33)(H,31,34)/t18-,24+/m1/s1. The lowest BCUT2D eigenvalue weighted by Gasteiger charge is -2.21. The van der Waals surface area contributed by atoms with Gasteiger partial charge in [-0.1, -0.05) is 42.5 Å². The molecule has 0 unspecified atom stereocenters. The molecule has 0 heterocycles. The predicted octanol–water partition coefficient (Wildman–Crippen LogP) is 3.01. The minimum atomic E-state index is -3.66. The number of nitrogens with two attached hydrogens (primary N) is 1. The second-order valence-electron chi connectivity index (χ2n) is 8.84. The molecular formula is C27H31FN4O4S. The largest absolute Gasteiger partial charge is 0.348 e. The number of nitrogens with zero attached hydrogens (tertiary/aromatic N) is 1. The number of carbonyl (C=O) groups is 2. The molecule has 4 N–H and O–H groups in total. The molecule has 2 atom stereocenters. The van der Waals surface area contributed by atoms with E-state index < -0.39 is 33.7 Å². The molecule has 0 aliphatic rings. The zero-order chi connectivity index (χ0) is 27.2. The maximum absolute atomic E-state index is 13.3. The zero-order valence-corrected chi connectivity index (χ0v) is 21.8. The van der Waals surface area contributed by atoms with Crippen LogP contribution >= 0.6 is 0 Å². The van der Waals surface area contributed by atoms with Gasteiger partial charge in [0.1, 0.15) is 5.82 Å². The summed E-state index contributed by atoms with van der Waals surface area (Å²) < 4.78 is 38.6. The number of rotatable bonds is 10. The van der Waals surface area contributed by atoms with Crippen molar-refractivity contribution in [3.8, 4) is 0 Å². The molecule has 3 rings (SSSR count). The number of sulfonamides is 1. The van der Waals surface area contributed by atoms with E-state index >= 15 is 0 Å². The van der Waals surface area contributed by atoms with Gasteiger partial charge in [-0.15, -0.1) is 0 Å². The van der Waals surface area contributed by atoms with Gasteiger partial charge in [0, 0.05) is 30.8 Å². The third-order valence-corrected chi connectivity index (χ3v) is 7.17. The van der Waals surface area contributed by atoms with Crippen molar-refractivity contribution in [2.45, 2.75) is 25.4 Å². The second-order valence-corrected chi connectivity index (χ2v) is 10.9. The molecule has 10 heteroatoms. The average Bonchev–Trinajstić information content (AvgIpc) is 2.87. The fourth-order valence-corrected chi connectivity index (χ4v) is 4.21. The Hall–Kier alpha value is -3.76. The molecule has 37 heavy (non-hydrogen) atoms. The van der Waals surface area contributed by atoms with Gasteiger partial charge in [0.2, 0.25) is 10.0 Å². The number of halogens is 1. The van der Waals surface area contributed by atoms with Gasteiger partial charge in [-0.2, -0.15) is 0 Å². The van der Waals surface area contributed by atoms with E-state index in [1.165, 1.54) is 37.4 Å². The van der Waals surface area contributed by atoms with Crippen LogP contribution in [0.2, 0.25) is 0 Å². The highest BCUT2D eigenvalue weighted by Crippen LogP contribution is 2.22. The summed E-state index contributed by atoms with van der Waals surface area (Å²) in [6.07, 6.45) is 1.54. The van der Waals surface area contributed by atoms with E-state index in [0.29, 0.717) is 12.0 Å². The Kier molecular flexibility index (Phi) is 9.01. The fourth-order valence-electron chi connectivity index (χ4n) is 3.72. The van der Waals surface area contributed by atoms with Crippen LogP contribution in [0.3, 0.4) is 0 Å². The van der Waals surface area contributed by atoms with Crippen molar-refractivity contribution < 1.29 is 22.4 Å². The van der Waals surface area contributed by atoms with Gasteiger partial charge in [-0.3, -0.25) is 13.9 Å². The van der Waals surface area contributed by atoms with E-state index in [-0.39, 0.29) is 29.4 Å². The molecule has 2 amide bonds. The van der Waals surface area contributed by atoms with Crippen molar-refractivity contribution in [3.63, 3.8) is 0 Å². The smallest absolute Gasteiger partial charge is 0.251 e. The van der Waals surface area contributed by atoms with E-state index in [4.69, 9.17) is 5.73 Å². The number of nitrogens with one attached hydrogen (secondary N) is 2. The normalized spacial score (nSPS) is 12.9. The van der Waals surface area contributed by atoms with Crippen LogP contribution in [0.4, 0.5) is 10.1 Å². The molecule has 0 spiro atoms. The summed E-state index contributed by atoms with van der Waals surface area (Å²) in [4.78, 5) is 26.3. The van der Waals surface area contributed by atoms with Gasteiger partial charge in [0.15, 0.2) is 0 Å². The molecule has 0 bridgehead atoms. The van der Waals surface area contributed by atoms with Crippen molar-refractivity contribution in [2.24, 2.45) is 5.73 Å². The molecular weight excluding hydrogens is 495 g/mol. The van der Waals surface area contributed by atoms with Gasteiger partial charge in [-0.05, 0) is 54.8 Å². The maximum Gasteiger partial charge on any atom is 0.251 e. The van der Waals surface area contributed by atoms with Gasteiger partial charge in [-0.25, -0.2) is 12.8 Å². The lowest BCUT2D eigenvalue weighted by Crippen LogP contribution is -2.42. The van der Waals surface area contributed by atoms with Crippen molar-refractivity contribution >= 4 is 27.5 Å². The van der Waals surface area contributed by atoms with Crippen LogP contribution in [-0.2, 0) is 16.4 Å². The maximum atomic E-state index is 13.3. The third kappa shape index (κ3) is 7.61. The first-order chi connectivity index (χ1) is 17.5. The highest BCUT2D eigenvalue weighted by Gasteiger charge is 2.21. The number of hydrogen-bond donors (Lipinski definition) is 3. The monoisotopic (exact) mass is 526 g/mol. The van der Waals surface area contributed by atoms with Gasteiger partial charge < -0.3 is 16.4 Å². The Labute approximate surface area is 216 Å². The number of carbonyl (C=O) groups excluding carboxylic acids is 2. The molecule has 0 aliphatic carbocycles. The van der Waals surface area contributed by atoms with Crippen LogP contribution in [0.1, 0.15) is 44.8 Å². The number of amides is 2.